The first-order chi connectivity index (χ1) is 11.6. The van der Waals surface area contributed by atoms with Gasteiger partial charge in [0, 0.05) is 23.6 Å². The molecule has 1 aromatic carbocycles. The van der Waals surface area contributed by atoms with Gasteiger partial charge in [0.1, 0.15) is 0 Å². The van der Waals surface area contributed by atoms with Crippen LogP contribution in [-0.4, -0.2) is 29.2 Å². The molecule has 0 radical (unpaired) electrons. The van der Waals surface area contributed by atoms with Crippen LogP contribution in [0.1, 0.15) is 52.4 Å². The fraction of sp³-hybridized carbons (Fsp3) is 0.389. The third-order valence-corrected chi connectivity index (χ3v) is 4.31. The predicted octanol–water partition coefficient (Wildman–Crippen LogP) is 2.95. The van der Waals surface area contributed by atoms with Gasteiger partial charge in [-0.05, 0) is 43.9 Å². The summed E-state index contributed by atoms with van der Waals surface area (Å²) in [4.78, 5) is 23.5. The maximum Gasteiger partial charge on any atom is 0.337 e. The minimum Gasteiger partial charge on any atom is -0.465 e. The second kappa shape index (κ2) is 6.86. The van der Waals surface area contributed by atoms with Crippen LogP contribution in [0.3, 0.4) is 0 Å². The highest BCUT2D eigenvalue weighted by molar-refractivity contribution is 5.91. The van der Waals surface area contributed by atoms with Gasteiger partial charge in [0.25, 0.3) is 0 Å². The molecule has 1 saturated carbocycles. The van der Waals surface area contributed by atoms with E-state index in [1.54, 1.807) is 12.1 Å². The number of hydrogen-bond donors (Lipinski definition) is 2. The van der Waals surface area contributed by atoms with E-state index in [0.29, 0.717) is 30.1 Å². The Morgan fingerprint density at radius 1 is 1.29 bits per heavy atom. The summed E-state index contributed by atoms with van der Waals surface area (Å²) in [5, 5.41) is 10.1. The number of rotatable bonds is 6. The molecular formula is C18H21N3O3. The minimum atomic E-state index is -0.361. The molecule has 2 N–H and O–H groups in total. The molecule has 0 spiro atoms. The van der Waals surface area contributed by atoms with E-state index >= 15 is 0 Å². The Balaban J connectivity index is 1.53. The number of H-pyrrole nitrogens is 1. The summed E-state index contributed by atoms with van der Waals surface area (Å²) < 4.78 is 4.66. The zero-order valence-electron chi connectivity index (χ0n) is 13.9. The Hall–Kier alpha value is -2.63. The molecule has 3 rings (SSSR count). The molecule has 24 heavy (non-hydrogen) atoms. The molecule has 1 aliphatic rings. The first-order valence-electron chi connectivity index (χ1n) is 8.10. The summed E-state index contributed by atoms with van der Waals surface area (Å²) in [6.07, 6.45) is 3.35. The zero-order chi connectivity index (χ0) is 17.1. The van der Waals surface area contributed by atoms with Crippen LogP contribution in [0.4, 0.5) is 5.82 Å². The second-order valence-electron chi connectivity index (χ2n) is 6.12. The topological polar surface area (TPSA) is 84.1 Å². The van der Waals surface area contributed by atoms with E-state index < -0.39 is 0 Å². The Morgan fingerprint density at radius 2 is 2.00 bits per heavy atom. The van der Waals surface area contributed by atoms with Crippen LogP contribution >= 0.6 is 0 Å². The molecule has 1 heterocycles. The second-order valence-corrected chi connectivity index (χ2v) is 6.12. The van der Waals surface area contributed by atoms with Crippen LogP contribution in [-0.2, 0) is 16.0 Å². The van der Waals surface area contributed by atoms with Gasteiger partial charge in [-0.1, -0.05) is 12.1 Å². The Kier molecular flexibility index (Phi) is 4.64. The molecule has 1 amide bonds. The number of nitrogens with zero attached hydrogens (tertiary/aromatic N) is 1. The van der Waals surface area contributed by atoms with Crippen molar-refractivity contribution in [1.82, 2.24) is 10.2 Å². The largest absolute Gasteiger partial charge is 0.465 e. The normalized spacial score (nSPS) is 13.6. The number of aromatic nitrogens is 2. The molecule has 0 bridgehead atoms. The van der Waals surface area contributed by atoms with E-state index in [1.165, 1.54) is 20.0 Å². The van der Waals surface area contributed by atoms with Crippen LogP contribution in [0.2, 0.25) is 0 Å². The number of aryl methyl sites for hydroxylation is 1. The van der Waals surface area contributed by atoms with Crippen LogP contribution in [0.15, 0.2) is 24.3 Å². The fourth-order valence-electron chi connectivity index (χ4n) is 2.68. The minimum absolute atomic E-state index is 0.0657. The number of hydrogen-bond acceptors (Lipinski definition) is 4. The molecule has 0 unspecified atom stereocenters. The van der Waals surface area contributed by atoms with Crippen LogP contribution < -0.4 is 5.32 Å². The molecule has 126 valence electrons. The monoisotopic (exact) mass is 327 g/mol. The van der Waals surface area contributed by atoms with Gasteiger partial charge in [-0.2, -0.15) is 5.10 Å². The van der Waals surface area contributed by atoms with Crippen LogP contribution in [0, 0.1) is 6.92 Å². The molecular weight excluding hydrogens is 306 g/mol. The van der Waals surface area contributed by atoms with Gasteiger partial charge in [0.15, 0.2) is 5.82 Å². The number of carbonyl (C=O) groups is 2. The van der Waals surface area contributed by atoms with Crippen molar-refractivity contribution >= 4 is 17.7 Å². The van der Waals surface area contributed by atoms with Crippen molar-refractivity contribution < 1.29 is 14.3 Å². The molecule has 6 heteroatoms. The summed E-state index contributed by atoms with van der Waals surface area (Å²) >= 11 is 0. The number of nitrogens with one attached hydrogen (secondary N) is 2. The first kappa shape index (κ1) is 16.2. The molecule has 0 saturated heterocycles. The maximum absolute atomic E-state index is 12.1. The molecule has 1 aromatic heterocycles. The lowest BCUT2D eigenvalue weighted by atomic mass is 10.1. The van der Waals surface area contributed by atoms with Gasteiger partial charge < -0.3 is 10.1 Å². The lowest BCUT2D eigenvalue weighted by molar-refractivity contribution is -0.116. The average Bonchev–Trinajstić information content (AvgIpc) is 3.38. The smallest absolute Gasteiger partial charge is 0.337 e. The Labute approximate surface area is 140 Å². The Bertz CT molecular complexity index is 745. The number of ether oxygens (including phenoxy) is 1. The van der Waals surface area contributed by atoms with Crippen molar-refractivity contribution in [3.8, 4) is 0 Å². The molecule has 0 atom stereocenters. The number of aromatic amines is 1. The van der Waals surface area contributed by atoms with E-state index in [0.717, 1.165) is 16.8 Å². The SMILES string of the molecule is COC(=O)c1ccc(CCC(=O)Nc2n[nH]c(C3CC3)c2C)cc1. The van der Waals surface area contributed by atoms with Crippen LogP contribution in [0.25, 0.3) is 0 Å². The third-order valence-electron chi connectivity index (χ3n) is 4.31. The van der Waals surface area contributed by atoms with Gasteiger partial charge in [-0.3, -0.25) is 9.89 Å². The molecule has 2 aromatic rings. The highest BCUT2D eigenvalue weighted by atomic mass is 16.5. The molecule has 0 aliphatic heterocycles. The quantitative estimate of drug-likeness (QED) is 0.799. The van der Waals surface area contributed by atoms with E-state index in [9.17, 15) is 9.59 Å². The van der Waals surface area contributed by atoms with Crippen molar-refractivity contribution in [2.75, 3.05) is 12.4 Å². The average molecular weight is 327 g/mol. The number of benzene rings is 1. The van der Waals surface area contributed by atoms with Gasteiger partial charge in [0.2, 0.25) is 5.91 Å². The van der Waals surface area contributed by atoms with E-state index in [1.807, 2.05) is 19.1 Å². The predicted molar refractivity (Wildman–Crippen MR) is 90.0 cm³/mol. The summed E-state index contributed by atoms with van der Waals surface area (Å²) in [6.45, 7) is 1.98. The van der Waals surface area contributed by atoms with Crippen molar-refractivity contribution in [3.05, 3.63) is 46.6 Å². The lowest BCUT2D eigenvalue weighted by Gasteiger charge is -2.05. The van der Waals surface area contributed by atoms with Crippen molar-refractivity contribution in [1.29, 1.82) is 0 Å². The standard InChI is InChI=1S/C18H21N3O3/c1-11-16(13-8-9-13)20-21-17(11)19-15(22)10-5-12-3-6-14(7-4-12)18(23)24-2/h3-4,6-7,13H,5,8-10H2,1-2H3,(H2,19,20,21,22). The lowest BCUT2D eigenvalue weighted by Crippen LogP contribution is -2.13. The number of amides is 1. The summed E-state index contributed by atoms with van der Waals surface area (Å²) in [5.74, 6) is 0.781. The van der Waals surface area contributed by atoms with Gasteiger partial charge >= 0.3 is 5.97 Å². The van der Waals surface area contributed by atoms with Crippen molar-refractivity contribution in [2.45, 2.75) is 38.5 Å². The van der Waals surface area contributed by atoms with Gasteiger partial charge in [-0.15, -0.1) is 0 Å². The number of carbonyl (C=O) groups excluding carboxylic acids is 2. The Morgan fingerprint density at radius 3 is 2.62 bits per heavy atom. The number of methoxy groups -OCH3 is 1. The van der Waals surface area contributed by atoms with Crippen molar-refractivity contribution in [2.24, 2.45) is 0 Å². The molecule has 1 aliphatic carbocycles. The van der Waals surface area contributed by atoms with E-state index in [-0.39, 0.29) is 11.9 Å². The highest BCUT2D eigenvalue weighted by Gasteiger charge is 2.28. The molecule has 1 fully saturated rings. The number of anilines is 1. The maximum atomic E-state index is 12.1. The summed E-state index contributed by atoms with van der Waals surface area (Å²) in [5.41, 5.74) is 3.68. The summed E-state index contributed by atoms with van der Waals surface area (Å²) in [6, 6.07) is 7.09. The summed E-state index contributed by atoms with van der Waals surface area (Å²) in [7, 11) is 1.35. The van der Waals surface area contributed by atoms with Gasteiger partial charge in [-0.25, -0.2) is 4.79 Å². The zero-order valence-corrected chi connectivity index (χ0v) is 13.9. The number of esters is 1. The first-order valence-corrected chi connectivity index (χ1v) is 8.10. The van der Waals surface area contributed by atoms with E-state index in [2.05, 4.69) is 20.3 Å². The third kappa shape index (κ3) is 3.64. The molecule has 6 nitrogen and oxygen atoms in total. The van der Waals surface area contributed by atoms with Crippen LogP contribution in [0.5, 0.6) is 0 Å². The van der Waals surface area contributed by atoms with E-state index in [4.69, 9.17) is 0 Å². The fourth-order valence-corrected chi connectivity index (χ4v) is 2.68. The van der Waals surface area contributed by atoms with Crippen molar-refractivity contribution in [3.63, 3.8) is 0 Å². The highest BCUT2D eigenvalue weighted by Crippen LogP contribution is 2.41. The van der Waals surface area contributed by atoms with Gasteiger partial charge in [0.05, 0.1) is 12.7 Å².